The third kappa shape index (κ3) is 2.81. The van der Waals surface area contributed by atoms with Gasteiger partial charge in [-0.15, -0.1) is 12.4 Å². The number of hydrogen-bond acceptors (Lipinski definition) is 5. The Morgan fingerprint density at radius 2 is 1.93 bits per heavy atom. The van der Waals surface area contributed by atoms with Gasteiger partial charge in [0.1, 0.15) is 0 Å². The lowest BCUT2D eigenvalue weighted by atomic mass is 10.3. The predicted molar refractivity (Wildman–Crippen MR) is 54.9 cm³/mol. The normalized spacial score (nSPS) is 15.4. The van der Waals surface area contributed by atoms with Gasteiger partial charge in [-0.05, 0) is 6.42 Å². The van der Waals surface area contributed by atoms with E-state index >= 15 is 0 Å². The minimum Gasteiger partial charge on any atom is -0.479 e. The second kappa shape index (κ2) is 5.50. The summed E-state index contributed by atoms with van der Waals surface area (Å²) in [5.41, 5.74) is 10.2. The zero-order valence-electron chi connectivity index (χ0n) is 7.76. The number of carbonyl (C=O) groups is 1. The minimum atomic E-state index is -3.87. The van der Waals surface area contributed by atoms with Gasteiger partial charge in [-0.3, -0.25) is 0 Å². The Balaban J connectivity index is 0. The first-order chi connectivity index (χ1) is 5.81. The molecular formula is C6H15ClN2O4S. The van der Waals surface area contributed by atoms with Gasteiger partial charge in [-0.1, -0.05) is 6.92 Å². The summed E-state index contributed by atoms with van der Waals surface area (Å²) in [6, 6.07) is 0. The molecule has 0 aliphatic rings. The van der Waals surface area contributed by atoms with Gasteiger partial charge in [0.25, 0.3) is 0 Å². The van der Waals surface area contributed by atoms with Gasteiger partial charge >= 0.3 is 5.97 Å². The van der Waals surface area contributed by atoms with E-state index in [0.29, 0.717) is 6.42 Å². The Bertz CT molecular complexity index is 292. The lowest BCUT2D eigenvalue weighted by Crippen LogP contribution is -2.60. The van der Waals surface area contributed by atoms with Crippen LogP contribution in [0.4, 0.5) is 0 Å². The molecule has 0 spiro atoms. The van der Waals surface area contributed by atoms with Crippen LogP contribution in [-0.4, -0.2) is 36.7 Å². The zero-order valence-corrected chi connectivity index (χ0v) is 9.40. The molecule has 0 bridgehead atoms. The fourth-order valence-electron chi connectivity index (χ4n) is 0.798. The first kappa shape index (κ1) is 16.1. The number of aliphatic carboxylic acids is 1. The third-order valence-electron chi connectivity index (χ3n) is 1.69. The average molecular weight is 247 g/mol. The topological polar surface area (TPSA) is 123 Å². The highest BCUT2D eigenvalue weighted by Gasteiger charge is 2.45. The molecule has 0 unspecified atom stereocenters. The molecule has 0 saturated heterocycles. The van der Waals surface area contributed by atoms with Crippen LogP contribution in [0.3, 0.4) is 0 Å². The van der Waals surface area contributed by atoms with Crippen LogP contribution in [0.15, 0.2) is 0 Å². The van der Waals surface area contributed by atoms with E-state index in [-0.39, 0.29) is 18.2 Å². The molecule has 5 N–H and O–H groups in total. The maximum Gasteiger partial charge on any atom is 0.340 e. The smallest absolute Gasteiger partial charge is 0.340 e. The lowest BCUT2D eigenvalue weighted by molar-refractivity contribution is -0.139. The van der Waals surface area contributed by atoms with Crippen molar-refractivity contribution in [2.75, 3.05) is 12.3 Å². The molecule has 0 aliphatic heterocycles. The van der Waals surface area contributed by atoms with Crippen LogP contribution in [-0.2, 0) is 14.6 Å². The van der Waals surface area contributed by atoms with E-state index in [1.807, 2.05) is 0 Å². The molecule has 1 atom stereocenters. The van der Waals surface area contributed by atoms with Crippen molar-refractivity contribution < 1.29 is 18.3 Å². The van der Waals surface area contributed by atoms with Gasteiger partial charge in [0.15, 0.2) is 9.84 Å². The summed E-state index contributed by atoms with van der Waals surface area (Å²) >= 11 is 0. The van der Waals surface area contributed by atoms with Crippen molar-refractivity contribution in [3.05, 3.63) is 0 Å². The summed E-state index contributed by atoms with van der Waals surface area (Å²) < 4.78 is 22.7. The first-order valence-corrected chi connectivity index (χ1v) is 5.41. The minimum absolute atomic E-state index is 0. The number of carboxylic acids is 1. The molecule has 8 heteroatoms. The Kier molecular flexibility index (Phi) is 6.31. The van der Waals surface area contributed by atoms with Crippen LogP contribution in [0.5, 0.6) is 0 Å². The van der Waals surface area contributed by atoms with Gasteiger partial charge in [-0.2, -0.15) is 0 Å². The molecule has 0 aliphatic carbocycles. The molecule has 6 nitrogen and oxygen atoms in total. The van der Waals surface area contributed by atoms with E-state index in [1.165, 1.54) is 0 Å². The summed E-state index contributed by atoms with van der Waals surface area (Å²) in [6.07, 6.45) is 0.314. The van der Waals surface area contributed by atoms with Gasteiger partial charge in [-0.25, -0.2) is 13.2 Å². The van der Waals surface area contributed by atoms with Crippen molar-refractivity contribution in [1.29, 1.82) is 0 Å². The molecule has 0 saturated carbocycles. The molecule has 0 radical (unpaired) electrons. The number of rotatable bonds is 5. The van der Waals surface area contributed by atoms with Crippen LogP contribution in [0.2, 0.25) is 0 Å². The van der Waals surface area contributed by atoms with Crippen LogP contribution < -0.4 is 11.5 Å². The second-order valence-corrected chi connectivity index (χ2v) is 5.08. The number of carboxylic acid groups (broad SMARTS) is 1. The Labute approximate surface area is 89.0 Å². The van der Waals surface area contributed by atoms with Crippen LogP contribution in [0, 0.1) is 0 Å². The fourth-order valence-corrected chi connectivity index (χ4v) is 2.22. The molecule has 0 aromatic carbocycles. The lowest BCUT2D eigenvalue weighted by Gasteiger charge is -2.22. The predicted octanol–water partition coefficient (Wildman–Crippen LogP) is -1.07. The average Bonchev–Trinajstić information content (AvgIpc) is 2.02. The highest BCUT2D eigenvalue weighted by atomic mass is 35.5. The molecule has 0 amide bonds. The summed E-state index contributed by atoms with van der Waals surface area (Å²) in [4.78, 5) is 8.25. The van der Waals surface area contributed by atoms with Gasteiger partial charge < -0.3 is 16.6 Å². The highest BCUT2D eigenvalue weighted by molar-refractivity contribution is 7.93. The summed E-state index contributed by atoms with van der Waals surface area (Å²) in [5, 5.41) is 8.61. The third-order valence-corrected chi connectivity index (χ3v) is 4.09. The van der Waals surface area contributed by atoms with Crippen molar-refractivity contribution in [3.63, 3.8) is 0 Å². The maximum atomic E-state index is 11.3. The first-order valence-electron chi connectivity index (χ1n) is 3.76. The molecule has 14 heavy (non-hydrogen) atoms. The number of sulfone groups is 1. The Hall–Kier alpha value is -0.370. The van der Waals surface area contributed by atoms with Gasteiger partial charge in [0, 0.05) is 6.54 Å². The SMILES string of the molecule is CCCS(=O)(=O)[C@@](N)(CN)C(=O)O.Cl. The van der Waals surface area contributed by atoms with Crippen molar-refractivity contribution in [3.8, 4) is 0 Å². The summed E-state index contributed by atoms with van der Waals surface area (Å²) in [6.45, 7) is 1.00. The van der Waals surface area contributed by atoms with Crippen molar-refractivity contribution >= 4 is 28.2 Å². The van der Waals surface area contributed by atoms with E-state index in [4.69, 9.17) is 16.6 Å². The molecular weight excluding hydrogens is 232 g/mol. The van der Waals surface area contributed by atoms with E-state index < -0.39 is 27.2 Å². The molecule has 0 fully saturated rings. The number of halogens is 1. The van der Waals surface area contributed by atoms with Crippen molar-refractivity contribution in [2.24, 2.45) is 11.5 Å². The van der Waals surface area contributed by atoms with Crippen molar-refractivity contribution in [2.45, 2.75) is 18.2 Å². The Morgan fingerprint density at radius 3 is 2.14 bits per heavy atom. The largest absolute Gasteiger partial charge is 0.479 e. The fraction of sp³-hybridized carbons (Fsp3) is 0.833. The van der Waals surface area contributed by atoms with E-state index in [2.05, 4.69) is 0 Å². The standard InChI is InChI=1S/C6H14N2O4S.ClH/c1-2-3-13(11,12)6(8,4-7)5(9)10;/h2-4,7-8H2,1H3,(H,9,10);1H/t6-;/m0./s1. The summed E-state index contributed by atoms with van der Waals surface area (Å²) in [5.74, 6) is -1.88. The zero-order chi connectivity index (χ0) is 10.7. The van der Waals surface area contributed by atoms with Crippen LogP contribution >= 0.6 is 12.4 Å². The quantitative estimate of drug-likeness (QED) is 0.568. The van der Waals surface area contributed by atoms with E-state index in [9.17, 15) is 13.2 Å². The highest BCUT2D eigenvalue weighted by Crippen LogP contribution is 2.11. The number of hydrogen-bond donors (Lipinski definition) is 3. The number of nitrogens with two attached hydrogens (primary N) is 2. The maximum absolute atomic E-state index is 11.3. The van der Waals surface area contributed by atoms with E-state index in [1.54, 1.807) is 6.92 Å². The molecule has 0 rings (SSSR count). The van der Waals surface area contributed by atoms with Crippen LogP contribution in [0.1, 0.15) is 13.3 Å². The molecule has 0 aromatic rings. The second-order valence-electron chi connectivity index (χ2n) is 2.72. The van der Waals surface area contributed by atoms with Gasteiger partial charge in [0.2, 0.25) is 4.87 Å². The molecule has 0 aromatic heterocycles. The summed E-state index contributed by atoms with van der Waals surface area (Å²) in [7, 11) is -3.87. The molecule has 0 heterocycles. The Morgan fingerprint density at radius 1 is 1.50 bits per heavy atom. The van der Waals surface area contributed by atoms with Gasteiger partial charge in [0.05, 0.1) is 5.75 Å². The van der Waals surface area contributed by atoms with Crippen LogP contribution in [0.25, 0.3) is 0 Å². The van der Waals surface area contributed by atoms with E-state index in [0.717, 1.165) is 0 Å². The molecule has 86 valence electrons. The monoisotopic (exact) mass is 246 g/mol. The van der Waals surface area contributed by atoms with Crippen molar-refractivity contribution in [1.82, 2.24) is 0 Å².